The molecule has 0 bridgehead atoms. The summed E-state index contributed by atoms with van der Waals surface area (Å²) in [4.78, 5) is 14.0. The van der Waals surface area contributed by atoms with Gasteiger partial charge in [0.15, 0.2) is 24.4 Å². The minimum atomic E-state index is -2.03. The molecule has 20 heteroatoms. The first-order valence-corrected chi connectivity index (χ1v) is 16.4. The van der Waals surface area contributed by atoms with Crippen LogP contribution < -0.4 is 10.2 Å². The van der Waals surface area contributed by atoms with Crippen molar-refractivity contribution >= 4 is 11.0 Å². The number of ether oxygens (including phenoxy) is 5. The Kier molecular flexibility index (Phi) is 11.5. The summed E-state index contributed by atoms with van der Waals surface area (Å²) in [7, 11) is 0. The fourth-order valence-corrected chi connectivity index (χ4v) is 6.51. The zero-order chi connectivity index (χ0) is 38.5. The van der Waals surface area contributed by atoms with Crippen LogP contribution in [0.5, 0.6) is 23.0 Å². The van der Waals surface area contributed by atoms with Gasteiger partial charge in [-0.25, -0.2) is 0 Å². The summed E-state index contributed by atoms with van der Waals surface area (Å²) in [5.74, 6) is -2.39. The lowest BCUT2D eigenvalue weighted by Gasteiger charge is -2.46. The van der Waals surface area contributed by atoms with Crippen LogP contribution in [0.25, 0.3) is 22.3 Å². The van der Waals surface area contributed by atoms with E-state index in [1.807, 2.05) is 0 Å². The summed E-state index contributed by atoms with van der Waals surface area (Å²) < 4.78 is 34.3. The van der Waals surface area contributed by atoms with Gasteiger partial charge in [-0.1, -0.05) is 0 Å². The number of rotatable bonds is 9. The Morgan fingerprint density at radius 1 is 0.623 bits per heavy atom. The minimum Gasteiger partial charge on any atom is -0.508 e. The number of aliphatic hydroxyl groups is 10. The van der Waals surface area contributed by atoms with Crippen molar-refractivity contribution in [2.24, 2.45) is 0 Å². The number of fused-ring (bicyclic) bond motifs is 1. The normalized spacial score (nSPS) is 37.8. The summed E-state index contributed by atoms with van der Waals surface area (Å²) in [5, 5.41) is 134. The highest BCUT2D eigenvalue weighted by molar-refractivity contribution is 5.88. The van der Waals surface area contributed by atoms with Gasteiger partial charge in [0.05, 0.1) is 18.8 Å². The van der Waals surface area contributed by atoms with Gasteiger partial charge in [-0.2, -0.15) is 0 Å². The number of aliphatic hydroxyl groups excluding tert-OH is 10. The topological polar surface area (TPSA) is 339 Å². The SMILES string of the molecule is O=c1c(O[C@@H]2OC(CC[C@@H]3OC(O)[C@H](O)[C@H](O)C3O)[C@H](O)[C@@H](O)C2O[C@@H]2OC(CO)[C@@H](O)[C@@H](O)C2O)c(-c2ccc(O)cc2)oc2cc(O)cc(O)c12. The predicted octanol–water partition coefficient (Wildman–Crippen LogP) is -3.83. The molecule has 0 amide bonds. The highest BCUT2D eigenvalue weighted by Crippen LogP contribution is 2.39. The van der Waals surface area contributed by atoms with Crippen LogP contribution >= 0.6 is 0 Å². The first-order chi connectivity index (χ1) is 25.1. The highest BCUT2D eigenvalue weighted by Gasteiger charge is 2.52. The molecular weight excluding hydrogens is 716 g/mol. The van der Waals surface area contributed by atoms with Gasteiger partial charge in [0.2, 0.25) is 17.5 Å². The second kappa shape index (κ2) is 15.6. The molecule has 3 aliphatic rings. The van der Waals surface area contributed by atoms with Crippen LogP contribution in [-0.2, 0) is 18.9 Å². The summed E-state index contributed by atoms with van der Waals surface area (Å²) >= 11 is 0. The smallest absolute Gasteiger partial charge is 0.239 e. The molecule has 3 saturated heterocycles. The maximum Gasteiger partial charge on any atom is 0.239 e. The molecule has 0 spiro atoms. The van der Waals surface area contributed by atoms with E-state index in [0.29, 0.717) is 0 Å². The van der Waals surface area contributed by atoms with Crippen molar-refractivity contribution in [3.63, 3.8) is 0 Å². The maximum absolute atomic E-state index is 14.0. The standard InChI is InChI=1S/C33H40O20/c34-9-17-21(40)24(43)27(46)32(51-17)53-30-25(44)20(39)15(6-5-14-19(38)23(42)26(45)31(47)49-14)50-33(30)52-29-22(41)18-13(37)7-12(36)8-16(18)48-28(29)10-1-3-11(35)4-2-10/h1-4,7-8,14-15,17,19-21,23-27,30-40,42-47H,5-6,9H2/t14-,15?,17?,19?,20-,21+,23+,24+,25+,26+,27?,30?,31?,32-,33-/m0/s1. The second-order valence-electron chi connectivity index (χ2n) is 13.0. The van der Waals surface area contributed by atoms with E-state index in [1.54, 1.807) is 0 Å². The van der Waals surface area contributed by atoms with Crippen molar-refractivity contribution in [3.05, 3.63) is 46.6 Å². The first-order valence-electron chi connectivity index (χ1n) is 16.4. The van der Waals surface area contributed by atoms with Crippen molar-refractivity contribution in [1.29, 1.82) is 0 Å². The Balaban J connectivity index is 1.39. The lowest BCUT2D eigenvalue weighted by molar-refractivity contribution is -0.357. The Morgan fingerprint density at radius 3 is 1.87 bits per heavy atom. The molecule has 3 fully saturated rings. The van der Waals surface area contributed by atoms with Gasteiger partial charge in [-0.15, -0.1) is 0 Å². The van der Waals surface area contributed by atoms with E-state index in [4.69, 9.17) is 28.1 Å². The number of hydrogen-bond donors (Lipinski definition) is 13. The number of hydrogen-bond acceptors (Lipinski definition) is 20. The lowest BCUT2D eigenvalue weighted by atomic mass is 9.91. The largest absolute Gasteiger partial charge is 0.508 e. The molecule has 13 N–H and O–H groups in total. The Bertz CT molecular complexity index is 1780. The quantitative estimate of drug-likeness (QED) is 0.0994. The monoisotopic (exact) mass is 756 g/mol. The van der Waals surface area contributed by atoms with Crippen molar-refractivity contribution < 1.29 is 94.5 Å². The lowest BCUT2D eigenvalue weighted by Crippen LogP contribution is -2.65. The molecule has 6 unspecified atom stereocenters. The van der Waals surface area contributed by atoms with Crippen molar-refractivity contribution in [1.82, 2.24) is 0 Å². The van der Waals surface area contributed by atoms with Crippen LogP contribution in [0.2, 0.25) is 0 Å². The number of benzene rings is 2. The summed E-state index contributed by atoms with van der Waals surface area (Å²) in [6.07, 6.45) is -27.4. The molecule has 292 valence electrons. The van der Waals surface area contributed by atoms with Gasteiger partial charge in [0, 0.05) is 17.7 Å². The van der Waals surface area contributed by atoms with Crippen molar-refractivity contribution in [3.8, 4) is 34.3 Å². The van der Waals surface area contributed by atoms with Crippen molar-refractivity contribution in [2.75, 3.05) is 6.61 Å². The third kappa shape index (κ3) is 7.52. The van der Waals surface area contributed by atoms with Crippen LogP contribution in [0.15, 0.2) is 45.6 Å². The number of aromatic hydroxyl groups is 3. The fraction of sp³-hybridized carbons (Fsp3) is 0.545. The minimum absolute atomic E-state index is 0.113. The molecule has 3 aliphatic heterocycles. The summed E-state index contributed by atoms with van der Waals surface area (Å²) in [5.41, 5.74) is -1.23. The molecule has 15 atom stereocenters. The Labute approximate surface area is 298 Å². The fourth-order valence-electron chi connectivity index (χ4n) is 6.51. The first kappa shape index (κ1) is 39.0. The van der Waals surface area contributed by atoms with Gasteiger partial charge in [0.1, 0.15) is 83.2 Å². The molecule has 3 aromatic rings. The third-order valence-corrected chi connectivity index (χ3v) is 9.49. The van der Waals surface area contributed by atoms with E-state index >= 15 is 0 Å². The van der Waals surface area contributed by atoms with Crippen LogP contribution in [0.4, 0.5) is 0 Å². The number of phenols is 3. The third-order valence-electron chi connectivity index (χ3n) is 9.49. The van der Waals surface area contributed by atoms with E-state index in [-0.39, 0.29) is 35.5 Å². The van der Waals surface area contributed by atoms with Gasteiger partial charge >= 0.3 is 0 Å². The molecule has 20 nitrogen and oxygen atoms in total. The summed E-state index contributed by atoms with van der Waals surface area (Å²) in [6, 6.07) is 7.05. The van der Waals surface area contributed by atoms with Crippen LogP contribution in [0, 0.1) is 0 Å². The van der Waals surface area contributed by atoms with Crippen LogP contribution in [0.1, 0.15) is 12.8 Å². The Hall–Kier alpha value is -3.71. The maximum atomic E-state index is 14.0. The van der Waals surface area contributed by atoms with Gasteiger partial charge < -0.3 is 94.5 Å². The van der Waals surface area contributed by atoms with Crippen LogP contribution in [-0.4, -0.2) is 165 Å². The van der Waals surface area contributed by atoms with Crippen LogP contribution in [0.3, 0.4) is 0 Å². The van der Waals surface area contributed by atoms with E-state index in [2.05, 4.69) is 0 Å². The highest BCUT2D eigenvalue weighted by atomic mass is 16.8. The molecule has 4 heterocycles. The Morgan fingerprint density at radius 2 is 1.21 bits per heavy atom. The second-order valence-corrected chi connectivity index (χ2v) is 13.0. The molecule has 0 aliphatic carbocycles. The molecule has 53 heavy (non-hydrogen) atoms. The van der Waals surface area contributed by atoms with Gasteiger partial charge in [0.25, 0.3) is 0 Å². The average Bonchev–Trinajstić information content (AvgIpc) is 3.12. The molecule has 6 rings (SSSR count). The molecule has 0 saturated carbocycles. The van der Waals surface area contributed by atoms with E-state index < -0.39 is 127 Å². The predicted molar refractivity (Wildman–Crippen MR) is 171 cm³/mol. The zero-order valence-corrected chi connectivity index (χ0v) is 27.4. The van der Waals surface area contributed by atoms with E-state index in [0.717, 1.165) is 12.1 Å². The van der Waals surface area contributed by atoms with Gasteiger partial charge in [-0.05, 0) is 37.1 Å². The van der Waals surface area contributed by atoms with E-state index in [9.17, 15) is 71.2 Å². The average molecular weight is 757 g/mol. The molecular formula is C33H40O20. The molecule has 2 aromatic carbocycles. The van der Waals surface area contributed by atoms with Gasteiger partial charge in [-0.3, -0.25) is 4.79 Å². The number of phenolic OH excluding ortho intramolecular Hbond substituents is 3. The molecule has 0 radical (unpaired) electrons. The zero-order valence-electron chi connectivity index (χ0n) is 27.4. The molecule has 1 aromatic heterocycles. The van der Waals surface area contributed by atoms with Crippen molar-refractivity contribution in [2.45, 2.75) is 105 Å². The van der Waals surface area contributed by atoms with E-state index in [1.165, 1.54) is 24.3 Å². The summed E-state index contributed by atoms with van der Waals surface area (Å²) in [6.45, 7) is -0.845.